The second-order valence-electron chi connectivity index (χ2n) is 1.67. The summed E-state index contributed by atoms with van der Waals surface area (Å²) >= 11 is 0. The van der Waals surface area contributed by atoms with Crippen LogP contribution in [0.5, 0.6) is 0 Å². The van der Waals surface area contributed by atoms with Crippen LogP contribution < -0.4 is 0 Å². The van der Waals surface area contributed by atoms with E-state index in [1.54, 1.807) is 0 Å². The molecule has 0 spiro atoms. The summed E-state index contributed by atoms with van der Waals surface area (Å²) in [6.45, 7) is 0. The van der Waals surface area contributed by atoms with Crippen molar-refractivity contribution in [2.24, 2.45) is 0 Å². The average Bonchev–Trinajstić information content (AvgIpc) is 1.90. The van der Waals surface area contributed by atoms with Gasteiger partial charge in [-0.2, -0.15) is 0 Å². The summed E-state index contributed by atoms with van der Waals surface area (Å²) < 4.78 is 0. The van der Waals surface area contributed by atoms with Crippen LogP contribution in [0.25, 0.3) is 0 Å². The number of carbonyl (C=O) groups is 1. The van der Waals surface area contributed by atoms with E-state index in [1.165, 1.54) is 0 Å². The van der Waals surface area contributed by atoms with Crippen LogP contribution in [0.1, 0.15) is 0 Å². The summed E-state index contributed by atoms with van der Waals surface area (Å²) in [5.41, 5.74) is 3.22. The SMILES string of the molecule is O=C(O)[si]1cccc[siH]1. The van der Waals surface area contributed by atoms with Gasteiger partial charge in [0.25, 0.3) is 5.59 Å². The van der Waals surface area contributed by atoms with Crippen LogP contribution in [0.2, 0.25) is 0 Å². The predicted octanol–water partition coefficient (Wildman–Crippen LogP) is 0.309. The summed E-state index contributed by atoms with van der Waals surface area (Å²) in [4.78, 5) is 10.3. The molecule has 0 radical (unpaired) electrons. The van der Waals surface area contributed by atoms with Gasteiger partial charge in [-0.15, -0.1) is 0 Å². The minimum atomic E-state index is -1.13. The molecule has 0 amide bonds. The number of hydrogen-bond acceptors (Lipinski definition) is 1. The van der Waals surface area contributed by atoms with E-state index >= 15 is 0 Å². The van der Waals surface area contributed by atoms with Gasteiger partial charge in [0.05, 0.1) is 0 Å². The molecule has 1 aromatic heterocycles. The Bertz CT molecular complexity index is 209. The fourth-order valence-electron chi connectivity index (χ4n) is 0.581. The molecule has 9 heavy (non-hydrogen) atoms. The number of carboxylic acid groups (broad SMARTS) is 1. The van der Waals surface area contributed by atoms with Crippen LogP contribution >= 0.6 is 0 Å². The highest BCUT2D eigenvalue weighted by Crippen LogP contribution is 1.79. The molecule has 0 aromatic carbocycles. The molecule has 1 rings (SSSR count). The molecule has 0 aliphatic carbocycles. The van der Waals surface area contributed by atoms with Crippen LogP contribution in [0.4, 0.5) is 4.79 Å². The molecular weight excluding hydrogens is 148 g/mol. The molecule has 46 valence electrons. The van der Waals surface area contributed by atoms with Crippen molar-refractivity contribution in [2.45, 2.75) is 0 Å². The third kappa shape index (κ3) is 1.65. The molecule has 1 heterocycles. The van der Waals surface area contributed by atoms with Crippen LogP contribution in [0, 0.1) is 0 Å². The maximum atomic E-state index is 10.3. The average molecular weight is 154 g/mol. The maximum Gasteiger partial charge on any atom is 0.290 e. The van der Waals surface area contributed by atoms with Crippen molar-refractivity contribution < 1.29 is 9.90 Å². The van der Waals surface area contributed by atoms with Crippen molar-refractivity contribution in [3.63, 3.8) is 0 Å². The van der Waals surface area contributed by atoms with Crippen LogP contribution in [0.3, 0.4) is 0 Å². The number of hydrogen-bond donors (Lipinski definition) is 1. The Labute approximate surface area is 56.2 Å². The third-order valence-corrected chi connectivity index (χ3v) is 5.81. The molecule has 0 atom stereocenters. The van der Waals surface area contributed by atoms with E-state index < -0.39 is 13.5 Å². The minimum Gasteiger partial charge on any atom is -0.483 e. The highest BCUT2D eigenvalue weighted by molar-refractivity contribution is 7.08. The fraction of sp³-hybridized carbons (Fsp3) is 0. The van der Waals surface area contributed by atoms with Gasteiger partial charge < -0.3 is 5.11 Å². The van der Waals surface area contributed by atoms with Crippen LogP contribution in [-0.4, -0.2) is 27.2 Å². The van der Waals surface area contributed by atoms with Gasteiger partial charge >= 0.3 is 0 Å². The fourth-order valence-corrected chi connectivity index (χ4v) is 3.79. The van der Waals surface area contributed by atoms with Gasteiger partial charge in [0.15, 0.2) is 7.90 Å². The van der Waals surface area contributed by atoms with Gasteiger partial charge in [0.2, 0.25) is 0 Å². The van der Waals surface area contributed by atoms with E-state index in [0.29, 0.717) is 0 Å². The topological polar surface area (TPSA) is 37.3 Å². The second kappa shape index (κ2) is 2.79. The lowest BCUT2D eigenvalue weighted by atomic mass is 10.7. The van der Waals surface area contributed by atoms with Gasteiger partial charge in [-0.25, -0.2) is 0 Å². The largest absolute Gasteiger partial charge is 0.483 e. The highest BCUT2D eigenvalue weighted by atomic mass is 29.0. The zero-order valence-corrected chi connectivity index (χ0v) is 6.90. The Balaban J connectivity index is 2.98. The summed E-state index contributed by atoms with van der Waals surface area (Å²) in [5.74, 6) is 0. The molecule has 4 heteroatoms. The van der Waals surface area contributed by atoms with Gasteiger partial charge in [-0.3, -0.25) is 4.79 Å². The van der Waals surface area contributed by atoms with Crippen LogP contribution in [0.15, 0.2) is 23.5 Å². The zero-order valence-electron chi connectivity index (χ0n) is 4.74. The predicted molar refractivity (Wildman–Crippen MR) is 38.6 cm³/mol. The highest BCUT2D eigenvalue weighted by Gasteiger charge is 1.98. The van der Waals surface area contributed by atoms with Gasteiger partial charge in [-0.05, 0) is 0 Å². The van der Waals surface area contributed by atoms with Gasteiger partial charge in [0.1, 0.15) is 0 Å². The summed E-state index contributed by atoms with van der Waals surface area (Å²) in [7, 11) is -1.07. The Morgan fingerprint density at radius 3 is 2.67 bits per heavy atom. The van der Waals surface area contributed by atoms with Crippen molar-refractivity contribution in [3.8, 4) is 0 Å². The number of rotatable bonds is 1. The molecule has 0 unspecified atom stereocenters. The van der Waals surface area contributed by atoms with E-state index in [0.717, 1.165) is 0 Å². The smallest absolute Gasteiger partial charge is 0.290 e. The van der Waals surface area contributed by atoms with Crippen molar-refractivity contribution in [2.75, 3.05) is 0 Å². The van der Waals surface area contributed by atoms with Gasteiger partial charge in [-0.1, -0.05) is 23.5 Å². The Hall–Kier alpha value is -0.616. The van der Waals surface area contributed by atoms with E-state index in [1.807, 2.05) is 23.5 Å². The van der Waals surface area contributed by atoms with Crippen molar-refractivity contribution in [1.29, 1.82) is 0 Å². The monoisotopic (exact) mass is 154 g/mol. The van der Waals surface area contributed by atoms with E-state index in [9.17, 15) is 4.79 Å². The molecular formula is C5H6O2Si2. The Morgan fingerprint density at radius 2 is 2.33 bits per heavy atom. The first kappa shape index (κ1) is 6.50. The first-order valence-corrected chi connectivity index (χ1v) is 6.64. The summed E-state index contributed by atoms with van der Waals surface area (Å²) in [5, 5.41) is 8.52. The second-order valence-corrected chi connectivity index (χ2v) is 6.93. The van der Waals surface area contributed by atoms with Gasteiger partial charge in [0, 0.05) is 8.62 Å². The lowest BCUT2D eigenvalue weighted by molar-refractivity contribution is 0.220. The Kier molecular flexibility index (Phi) is 2.02. The minimum absolute atomic E-state index is 0.0590. The summed E-state index contributed by atoms with van der Waals surface area (Å²) in [6, 6.07) is 3.76. The molecule has 1 aromatic rings. The standard InChI is InChI=1S/C5H6O2Si2/c6-5(7)9-4-2-1-3-8-9/h1-4,8H,(H,6,7). The van der Waals surface area contributed by atoms with Crippen molar-refractivity contribution in [3.05, 3.63) is 23.5 Å². The molecule has 0 fully saturated rings. The lowest BCUT2D eigenvalue weighted by Gasteiger charge is -1.86. The molecule has 0 saturated heterocycles. The molecule has 0 saturated carbocycles. The first-order valence-electron chi connectivity index (χ1n) is 2.59. The molecule has 0 bridgehead atoms. The zero-order chi connectivity index (χ0) is 6.69. The van der Waals surface area contributed by atoms with E-state index in [-0.39, 0.29) is 8.62 Å². The molecule has 0 aliphatic rings. The quantitative estimate of drug-likeness (QED) is 0.591. The van der Waals surface area contributed by atoms with E-state index in [2.05, 4.69) is 0 Å². The molecule has 0 aliphatic heterocycles. The lowest BCUT2D eigenvalue weighted by Crippen LogP contribution is -2.12. The third-order valence-electron chi connectivity index (χ3n) is 1.02. The van der Waals surface area contributed by atoms with Crippen molar-refractivity contribution >= 4 is 22.1 Å². The Morgan fingerprint density at radius 1 is 1.56 bits per heavy atom. The van der Waals surface area contributed by atoms with E-state index in [4.69, 9.17) is 5.11 Å². The van der Waals surface area contributed by atoms with Crippen LogP contribution in [-0.2, 0) is 0 Å². The molecule has 2 nitrogen and oxygen atoms in total. The van der Waals surface area contributed by atoms with Crippen molar-refractivity contribution in [1.82, 2.24) is 0 Å². The first-order chi connectivity index (χ1) is 4.30. The maximum absolute atomic E-state index is 10.3. The normalized spacial score (nSPS) is 8.89. The molecule has 1 N–H and O–H groups in total. The summed E-state index contributed by atoms with van der Waals surface area (Å²) in [6.07, 6.45) is 0.